The molecule has 1 heterocycles. The van der Waals surface area contributed by atoms with Crippen LogP contribution in [0.15, 0.2) is 78.9 Å². The maximum Gasteiger partial charge on any atom is 0.253 e. The number of nitrogens with one attached hydrogen (secondary N) is 2. The van der Waals surface area contributed by atoms with Crippen LogP contribution in [0.3, 0.4) is 0 Å². The van der Waals surface area contributed by atoms with Crippen LogP contribution >= 0.6 is 0 Å². The summed E-state index contributed by atoms with van der Waals surface area (Å²) < 4.78 is 5.85. The number of benzene rings is 3. The number of hydrogen-bond donors (Lipinski definition) is 2. The highest BCUT2D eigenvalue weighted by molar-refractivity contribution is 5.96. The van der Waals surface area contributed by atoms with Gasteiger partial charge in [0, 0.05) is 42.5 Å². The highest BCUT2D eigenvalue weighted by Crippen LogP contribution is 2.20. The van der Waals surface area contributed by atoms with Crippen LogP contribution in [0.4, 0.5) is 11.4 Å². The number of anilines is 2. The molecule has 182 valence electrons. The largest absolute Gasteiger partial charge is 0.493 e. The van der Waals surface area contributed by atoms with E-state index >= 15 is 0 Å². The number of nitrogens with zero attached hydrogens (tertiary/aromatic N) is 1. The SMILES string of the molecule is CC1CCN(C(=O)c2cccc(NCC(=O)Nc3cccc(OCCc4ccccc4)c3)c2)CC1. The zero-order valence-electron chi connectivity index (χ0n) is 20.2. The average Bonchev–Trinajstić information content (AvgIpc) is 2.89. The topological polar surface area (TPSA) is 70.7 Å². The summed E-state index contributed by atoms with van der Waals surface area (Å²) >= 11 is 0. The van der Waals surface area contributed by atoms with Crippen molar-refractivity contribution in [3.05, 3.63) is 90.0 Å². The third-order valence-corrected chi connectivity index (χ3v) is 6.25. The van der Waals surface area contributed by atoms with Gasteiger partial charge in [0.1, 0.15) is 5.75 Å². The molecular formula is C29H33N3O3. The van der Waals surface area contributed by atoms with Crippen LogP contribution in [0.2, 0.25) is 0 Å². The van der Waals surface area contributed by atoms with Gasteiger partial charge in [0.15, 0.2) is 0 Å². The summed E-state index contributed by atoms with van der Waals surface area (Å²) in [6.07, 6.45) is 2.91. The first kappa shape index (κ1) is 24.3. The Morgan fingerprint density at radius 1 is 0.914 bits per heavy atom. The molecule has 1 fully saturated rings. The molecule has 4 rings (SSSR count). The summed E-state index contributed by atoms with van der Waals surface area (Å²) in [6.45, 7) is 4.49. The molecule has 1 aliphatic heterocycles. The number of carbonyl (C=O) groups is 2. The molecule has 2 amide bonds. The molecule has 0 aromatic heterocycles. The summed E-state index contributed by atoms with van der Waals surface area (Å²) in [5.41, 5.74) is 3.29. The first-order valence-electron chi connectivity index (χ1n) is 12.3. The van der Waals surface area contributed by atoms with Crippen LogP contribution in [0.1, 0.15) is 35.7 Å². The molecule has 1 aliphatic rings. The molecule has 3 aromatic carbocycles. The first-order chi connectivity index (χ1) is 17.1. The lowest BCUT2D eigenvalue weighted by molar-refractivity contribution is -0.114. The normalized spacial score (nSPS) is 13.8. The van der Waals surface area contributed by atoms with Gasteiger partial charge in [-0.3, -0.25) is 9.59 Å². The Bertz CT molecular complexity index is 1120. The summed E-state index contributed by atoms with van der Waals surface area (Å²) in [6, 6.07) is 24.9. The van der Waals surface area contributed by atoms with Gasteiger partial charge in [0.2, 0.25) is 5.91 Å². The molecular weight excluding hydrogens is 438 g/mol. The molecule has 35 heavy (non-hydrogen) atoms. The van der Waals surface area contributed by atoms with Gasteiger partial charge < -0.3 is 20.3 Å². The fraction of sp³-hybridized carbons (Fsp3) is 0.310. The van der Waals surface area contributed by atoms with Gasteiger partial charge >= 0.3 is 0 Å². The van der Waals surface area contributed by atoms with Crippen LogP contribution < -0.4 is 15.4 Å². The second-order valence-corrected chi connectivity index (χ2v) is 9.07. The van der Waals surface area contributed by atoms with Gasteiger partial charge in [0.25, 0.3) is 5.91 Å². The summed E-state index contributed by atoms with van der Waals surface area (Å²) in [4.78, 5) is 27.3. The van der Waals surface area contributed by atoms with Crippen LogP contribution in [0.25, 0.3) is 0 Å². The zero-order chi connectivity index (χ0) is 24.5. The Balaban J connectivity index is 1.25. The van der Waals surface area contributed by atoms with Crippen molar-refractivity contribution in [3.63, 3.8) is 0 Å². The van der Waals surface area contributed by atoms with Crippen molar-refractivity contribution < 1.29 is 14.3 Å². The van der Waals surface area contributed by atoms with Crippen molar-refractivity contribution >= 4 is 23.2 Å². The number of ether oxygens (including phenoxy) is 1. The van der Waals surface area contributed by atoms with Crippen LogP contribution in [-0.2, 0) is 11.2 Å². The van der Waals surface area contributed by atoms with E-state index in [9.17, 15) is 9.59 Å². The second-order valence-electron chi connectivity index (χ2n) is 9.07. The fourth-order valence-electron chi connectivity index (χ4n) is 4.14. The van der Waals surface area contributed by atoms with Gasteiger partial charge in [-0.15, -0.1) is 0 Å². The fourth-order valence-corrected chi connectivity index (χ4v) is 4.14. The summed E-state index contributed by atoms with van der Waals surface area (Å²) in [5.74, 6) is 1.26. The Hall–Kier alpha value is -3.80. The summed E-state index contributed by atoms with van der Waals surface area (Å²) in [5, 5.41) is 6.02. The Morgan fingerprint density at radius 3 is 2.46 bits per heavy atom. The molecule has 0 bridgehead atoms. The van der Waals surface area contributed by atoms with Gasteiger partial charge in [-0.25, -0.2) is 0 Å². The van der Waals surface area contributed by atoms with Crippen molar-refractivity contribution in [2.45, 2.75) is 26.2 Å². The Kier molecular flexibility index (Phi) is 8.39. The third kappa shape index (κ3) is 7.34. The minimum absolute atomic E-state index is 0.0501. The molecule has 6 heteroatoms. The molecule has 0 radical (unpaired) electrons. The number of carbonyl (C=O) groups excluding carboxylic acids is 2. The van der Waals surface area contributed by atoms with E-state index < -0.39 is 0 Å². The number of likely N-dealkylation sites (tertiary alicyclic amines) is 1. The van der Waals surface area contributed by atoms with E-state index in [1.54, 1.807) is 0 Å². The first-order valence-corrected chi connectivity index (χ1v) is 12.3. The van der Waals surface area contributed by atoms with E-state index in [1.165, 1.54) is 5.56 Å². The van der Waals surface area contributed by atoms with E-state index in [-0.39, 0.29) is 18.4 Å². The zero-order valence-corrected chi connectivity index (χ0v) is 20.2. The molecule has 0 saturated carbocycles. The Labute approximate surface area is 207 Å². The summed E-state index contributed by atoms with van der Waals surface area (Å²) in [7, 11) is 0. The molecule has 1 saturated heterocycles. The standard InChI is InChI=1S/C29H33N3O3/c1-22-13-16-32(17-14-22)29(34)24-9-5-10-25(19-24)30-21-28(33)31-26-11-6-12-27(20-26)35-18-15-23-7-3-2-4-8-23/h2-12,19-20,22,30H,13-18,21H2,1H3,(H,31,33). The molecule has 2 N–H and O–H groups in total. The lowest BCUT2D eigenvalue weighted by Gasteiger charge is -2.30. The minimum atomic E-state index is -0.173. The van der Waals surface area contributed by atoms with Crippen LogP contribution in [0, 0.1) is 5.92 Å². The van der Waals surface area contributed by atoms with Crippen LogP contribution in [-0.4, -0.2) is 43.0 Å². The van der Waals surface area contributed by atoms with E-state index in [2.05, 4.69) is 29.7 Å². The van der Waals surface area contributed by atoms with Crippen molar-refractivity contribution in [2.24, 2.45) is 5.92 Å². The van der Waals surface area contributed by atoms with Gasteiger partial charge in [-0.05, 0) is 54.7 Å². The number of amides is 2. The van der Waals surface area contributed by atoms with E-state index in [0.29, 0.717) is 29.5 Å². The lowest BCUT2D eigenvalue weighted by Crippen LogP contribution is -2.37. The molecule has 0 unspecified atom stereocenters. The van der Waals surface area contributed by atoms with Gasteiger partial charge in [0.05, 0.1) is 13.2 Å². The number of hydrogen-bond acceptors (Lipinski definition) is 4. The number of rotatable bonds is 9. The molecule has 0 spiro atoms. The quantitative estimate of drug-likeness (QED) is 0.448. The second kappa shape index (κ2) is 12.1. The van der Waals surface area contributed by atoms with Crippen molar-refractivity contribution in [3.8, 4) is 5.75 Å². The van der Waals surface area contributed by atoms with E-state index in [1.807, 2.05) is 71.6 Å². The predicted molar refractivity (Wildman–Crippen MR) is 140 cm³/mol. The highest BCUT2D eigenvalue weighted by Gasteiger charge is 2.21. The smallest absolute Gasteiger partial charge is 0.253 e. The van der Waals surface area contributed by atoms with Crippen molar-refractivity contribution in [1.82, 2.24) is 4.90 Å². The van der Waals surface area contributed by atoms with E-state index in [4.69, 9.17) is 4.74 Å². The molecule has 3 aromatic rings. The molecule has 6 nitrogen and oxygen atoms in total. The van der Waals surface area contributed by atoms with Crippen molar-refractivity contribution in [2.75, 3.05) is 36.9 Å². The maximum absolute atomic E-state index is 12.8. The van der Waals surface area contributed by atoms with Crippen LogP contribution in [0.5, 0.6) is 5.75 Å². The third-order valence-electron chi connectivity index (χ3n) is 6.25. The lowest BCUT2D eigenvalue weighted by atomic mass is 9.98. The van der Waals surface area contributed by atoms with Crippen molar-refractivity contribution in [1.29, 1.82) is 0 Å². The maximum atomic E-state index is 12.8. The predicted octanol–water partition coefficient (Wildman–Crippen LogP) is 5.23. The monoisotopic (exact) mass is 471 g/mol. The Morgan fingerprint density at radius 2 is 1.66 bits per heavy atom. The molecule has 0 aliphatic carbocycles. The number of piperidine rings is 1. The minimum Gasteiger partial charge on any atom is -0.493 e. The van der Waals surface area contributed by atoms with E-state index in [0.717, 1.165) is 38.0 Å². The highest BCUT2D eigenvalue weighted by atomic mass is 16.5. The molecule has 0 atom stereocenters. The average molecular weight is 472 g/mol. The van der Waals surface area contributed by atoms with Gasteiger partial charge in [-0.2, -0.15) is 0 Å². The van der Waals surface area contributed by atoms with Gasteiger partial charge in [-0.1, -0.05) is 49.4 Å².